The van der Waals surface area contributed by atoms with Gasteiger partial charge in [-0.2, -0.15) is 0 Å². The fraction of sp³-hybridized carbons (Fsp3) is 0.833. The van der Waals surface area contributed by atoms with Crippen molar-refractivity contribution in [2.24, 2.45) is 10.4 Å². The normalized spacial score (nSPS) is 17.9. The van der Waals surface area contributed by atoms with Crippen LogP contribution in [0.5, 0.6) is 0 Å². The number of carbonyl (C=O) groups is 2. The standard InChI is InChI=1S/C18H35N5O2.HI/c1-9-20-15(25)17(4,5)11-21-16(19-8)22-10-14(24)23(13(2)3)18(6,7)12-22;/h13H,9-12H2,1-8H3,(H,19,21)(H,20,25);1H. The van der Waals surface area contributed by atoms with Gasteiger partial charge in [0.2, 0.25) is 11.8 Å². The van der Waals surface area contributed by atoms with Gasteiger partial charge in [-0.25, -0.2) is 0 Å². The molecule has 1 aliphatic heterocycles. The van der Waals surface area contributed by atoms with Gasteiger partial charge in [0, 0.05) is 32.7 Å². The van der Waals surface area contributed by atoms with Crippen LogP contribution in [0.3, 0.4) is 0 Å². The molecule has 0 atom stereocenters. The van der Waals surface area contributed by atoms with Crippen molar-refractivity contribution < 1.29 is 9.59 Å². The van der Waals surface area contributed by atoms with Crippen LogP contribution in [0.15, 0.2) is 4.99 Å². The van der Waals surface area contributed by atoms with E-state index in [9.17, 15) is 9.59 Å². The summed E-state index contributed by atoms with van der Waals surface area (Å²) in [6.45, 7) is 16.0. The van der Waals surface area contributed by atoms with E-state index in [-0.39, 0.29) is 47.4 Å². The zero-order chi connectivity index (χ0) is 19.4. The van der Waals surface area contributed by atoms with Crippen LogP contribution >= 0.6 is 24.0 Å². The molecule has 0 saturated carbocycles. The molecule has 0 radical (unpaired) electrons. The third-order valence-corrected chi connectivity index (χ3v) is 4.49. The van der Waals surface area contributed by atoms with Crippen molar-refractivity contribution in [3.05, 3.63) is 0 Å². The summed E-state index contributed by atoms with van der Waals surface area (Å²) < 4.78 is 0. The summed E-state index contributed by atoms with van der Waals surface area (Å²) in [7, 11) is 1.70. The van der Waals surface area contributed by atoms with Crippen molar-refractivity contribution in [1.29, 1.82) is 0 Å². The Kier molecular flexibility index (Phi) is 9.36. The topological polar surface area (TPSA) is 77.0 Å². The monoisotopic (exact) mass is 481 g/mol. The molecule has 26 heavy (non-hydrogen) atoms. The van der Waals surface area contributed by atoms with Crippen LogP contribution in [0.4, 0.5) is 0 Å². The van der Waals surface area contributed by atoms with Gasteiger partial charge in [0.1, 0.15) is 0 Å². The number of hydrogen-bond donors (Lipinski definition) is 2. The van der Waals surface area contributed by atoms with Gasteiger partial charge in [0.15, 0.2) is 5.96 Å². The molecular weight excluding hydrogens is 445 g/mol. The lowest BCUT2D eigenvalue weighted by atomic mass is 9.92. The molecule has 1 aliphatic rings. The molecule has 2 N–H and O–H groups in total. The lowest BCUT2D eigenvalue weighted by molar-refractivity contribution is -0.145. The molecule has 0 aromatic carbocycles. The first-order valence-corrected chi connectivity index (χ1v) is 9.02. The van der Waals surface area contributed by atoms with Crippen LogP contribution in [0, 0.1) is 5.41 Å². The highest BCUT2D eigenvalue weighted by Crippen LogP contribution is 2.24. The van der Waals surface area contributed by atoms with Gasteiger partial charge < -0.3 is 20.4 Å². The number of carbonyl (C=O) groups excluding carboxylic acids is 2. The van der Waals surface area contributed by atoms with Gasteiger partial charge in [-0.05, 0) is 48.5 Å². The maximum atomic E-state index is 12.6. The highest BCUT2D eigenvalue weighted by molar-refractivity contribution is 14.0. The number of nitrogens with one attached hydrogen (secondary N) is 2. The van der Waals surface area contributed by atoms with E-state index in [2.05, 4.69) is 29.5 Å². The molecule has 0 aromatic rings. The number of guanidine groups is 1. The number of nitrogens with zero attached hydrogens (tertiary/aromatic N) is 3. The molecule has 0 aromatic heterocycles. The number of halogens is 1. The zero-order valence-corrected chi connectivity index (χ0v) is 19.8. The van der Waals surface area contributed by atoms with Crippen molar-refractivity contribution in [2.45, 2.75) is 60.0 Å². The third kappa shape index (κ3) is 5.99. The summed E-state index contributed by atoms with van der Waals surface area (Å²) >= 11 is 0. The van der Waals surface area contributed by atoms with E-state index in [4.69, 9.17) is 0 Å². The minimum absolute atomic E-state index is 0. The van der Waals surface area contributed by atoms with Gasteiger partial charge in [0.05, 0.1) is 17.5 Å². The van der Waals surface area contributed by atoms with Crippen LogP contribution in [0.25, 0.3) is 0 Å². The zero-order valence-electron chi connectivity index (χ0n) is 17.5. The molecule has 0 spiro atoms. The minimum atomic E-state index is -0.564. The Morgan fingerprint density at radius 2 is 1.88 bits per heavy atom. The average molecular weight is 481 g/mol. The van der Waals surface area contributed by atoms with E-state index in [0.29, 0.717) is 32.1 Å². The summed E-state index contributed by atoms with van der Waals surface area (Å²) in [4.78, 5) is 33.0. The van der Waals surface area contributed by atoms with E-state index in [0.717, 1.165) is 0 Å². The molecule has 8 heteroatoms. The van der Waals surface area contributed by atoms with Gasteiger partial charge in [-0.3, -0.25) is 14.6 Å². The van der Waals surface area contributed by atoms with E-state index < -0.39 is 5.41 Å². The minimum Gasteiger partial charge on any atom is -0.356 e. The molecule has 0 aliphatic carbocycles. The molecule has 1 rings (SSSR count). The summed E-state index contributed by atoms with van der Waals surface area (Å²) in [6, 6.07) is 0.163. The first-order chi connectivity index (χ1) is 11.5. The SMILES string of the molecule is CCNC(=O)C(C)(C)CNC(=NC)N1CC(=O)N(C(C)C)C(C)(C)C1.I. The number of piperazine rings is 1. The second-order valence-electron chi connectivity index (χ2n) is 8.17. The molecule has 1 fully saturated rings. The van der Waals surface area contributed by atoms with Crippen molar-refractivity contribution in [2.75, 3.05) is 33.2 Å². The largest absolute Gasteiger partial charge is 0.356 e. The van der Waals surface area contributed by atoms with E-state index >= 15 is 0 Å². The van der Waals surface area contributed by atoms with Crippen LogP contribution in [-0.4, -0.2) is 72.4 Å². The predicted octanol–water partition coefficient (Wildman–Crippen LogP) is 1.67. The highest BCUT2D eigenvalue weighted by Gasteiger charge is 2.41. The van der Waals surface area contributed by atoms with Crippen LogP contribution in [0.1, 0.15) is 48.5 Å². The molecule has 7 nitrogen and oxygen atoms in total. The molecule has 152 valence electrons. The Morgan fingerprint density at radius 3 is 2.31 bits per heavy atom. The van der Waals surface area contributed by atoms with Gasteiger partial charge in [0.25, 0.3) is 0 Å². The first-order valence-electron chi connectivity index (χ1n) is 9.02. The van der Waals surface area contributed by atoms with E-state index in [1.54, 1.807) is 7.05 Å². The van der Waals surface area contributed by atoms with E-state index in [1.165, 1.54) is 0 Å². The Morgan fingerprint density at radius 1 is 1.31 bits per heavy atom. The maximum absolute atomic E-state index is 12.6. The van der Waals surface area contributed by atoms with Crippen LogP contribution < -0.4 is 10.6 Å². The molecule has 0 unspecified atom stereocenters. The Bertz CT molecular complexity index is 532. The Hall–Kier alpha value is -1.06. The van der Waals surface area contributed by atoms with Gasteiger partial charge in [-0.1, -0.05) is 0 Å². The third-order valence-electron chi connectivity index (χ3n) is 4.49. The maximum Gasteiger partial charge on any atom is 0.242 e. The summed E-state index contributed by atoms with van der Waals surface area (Å²) in [5.74, 6) is 0.748. The fourth-order valence-electron chi connectivity index (χ4n) is 3.43. The van der Waals surface area contributed by atoms with Crippen molar-refractivity contribution in [1.82, 2.24) is 20.4 Å². The number of amides is 2. The van der Waals surface area contributed by atoms with Crippen molar-refractivity contribution in [3.63, 3.8) is 0 Å². The van der Waals surface area contributed by atoms with Crippen molar-refractivity contribution >= 4 is 41.8 Å². The van der Waals surface area contributed by atoms with E-state index in [1.807, 2.05) is 44.4 Å². The number of aliphatic imine (C=N–C) groups is 1. The summed E-state index contributed by atoms with van der Waals surface area (Å²) in [5, 5.41) is 6.12. The van der Waals surface area contributed by atoms with Crippen LogP contribution in [-0.2, 0) is 9.59 Å². The second-order valence-corrected chi connectivity index (χ2v) is 8.17. The lowest BCUT2D eigenvalue weighted by Gasteiger charge is -2.49. The van der Waals surface area contributed by atoms with Gasteiger partial charge in [-0.15, -0.1) is 24.0 Å². The highest BCUT2D eigenvalue weighted by atomic mass is 127. The number of hydrogen-bond acceptors (Lipinski definition) is 3. The predicted molar refractivity (Wildman–Crippen MR) is 117 cm³/mol. The lowest BCUT2D eigenvalue weighted by Crippen LogP contribution is -2.66. The van der Waals surface area contributed by atoms with Crippen molar-refractivity contribution in [3.8, 4) is 0 Å². The smallest absolute Gasteiger partial charge is 0.242 e. The van der Waals surface area contributed by atoms with Crippen LogP contribution in [0.2, 0.25) is 0 Å². The Balaban J connectivity index is 0.00000625. The quantitative estimate of drug-likeness (QED) is 0.356. The fourth-order valence-corrected chi connectivity index (χ4v) is 3.43. The number of rotatable bonds is 5. The molecule has 1 heterocycles. The molecule has 0 bridgehead atoms. The average Bonchev–Trinajstić information content (AvgIpc) is 2.45. The first kappa shape index (κ1) is 24.9. The summed E-state index contributed by atoms with van der Waals surface area (Å²) in [6.07, 6.45) is 0. The summed E-state index contributed by atoms with van der Waals surface area (Å²) in [5.41, 5.74) is -0.846. The Labute approximate surface area is 175 Å². The molecular formula is C18H36IN5O2. The molecule has 2 amide bonds. The second kappa shape index (κ2) is 9.75. The van der Waals surface area contributed by atoms with Gasteiger partial charge >= 0.3 is 0 Å². The molecule has 1 saturated heterocycles.